The summed E-state index contributed by atoms with van der Waals surface area (Å²) in [6.07, 6.45) is 4.07. The summed E-state index contributed by atoms with van der Waals surface area (Å²) in [7, 11) is 0. The van der Waals surface area contributed by atoms with Crippen LogP contribution in [0.1, 0.15) is 29.0 Å². The van der Waals surface area contributed by atoms with Crippen LogP contribution in [0.15, 0.2) is 41.3 Å². The molecule has 16 heavy (non-hydrogen) atoms. The van der Waals surface area contributed by atoms with Gasteiger partial charge in [0.25, 0.3) is 0 Å². The normalized spacial score (nSPS) is 12.4. The molecule has 0 aliphatic rings. The fourth-order valence-electron chi connectivity index (χ4n) is 1.66. The molecule has 0 aliphatic heterocycles. The molecule has 82 valence electrons. The number of benzene rings is 1. The maximum absolute atomic E-state index is 10.8. The molecule has 3 nitrogen and oxygen atoms in total. The third-order valence-corrected chi connectivity index (χ3v) is 3.06. The van der Waals surface area contributed by atoms with Crippen LogP contribution in [0.25, 0.3) is 0 Å². The Balaban J connectivity index is 2.38. The summed E-state index contributed by atoms with van der Waals surface area (Å²) in [4.78, 5) is 14.8. The lowest BCUT2D eigenvalue weighted by atomic mass is 10.1. The van der Waals surface area contributed by atoms with E-state index < -0.39 is 0 Å². The van der Waals surface area contributed by atoms with Gasteiger partial charge >= 0.3 is 0 Å². The van der Waals surface area contributed by atoms with Crippen LogP contribution in [-0.2, 0) is 0 Å². The molecule has 0 radical (unpaired) electrons. The lowest BCUT2D eigenvalue weighted by Crippen LogP contribution is -2.08. The van der Waals surface area contributed by atoms with E-state index in [0.29, 0.717) is 5.69 Å². The molecular formula is C12H11BrN2O. The van der Waals surface area contributed by atoms with Crippen molar-refractivity contribution in [2.45, 2.75) is 13.0 Å². The summed E-state index contributed by atoms with van der Waals surface area (Å²) in [5.41, 5.74) is 1.72. The van der Waals surface area contributed by atoms with Crippen LogP contribution in [0, 0.1) is 0 Å². The maximum Gasteiger partial charge on any atom is 0.168 e. The SMILES string of the molecule is CC(c1cccc(Br)c1)n1cncc1C=O. The van der Waals surface area contributed by atoms with Gasteiger partial charge in [0, 0.05) is 4.47 Å². The minimum Gasteiger partial charge on any atom is -0.321 e. The number of imidazole rings is 1. The van der Waals surface area contributed by atoms with Crippen LogP contribution in [0.2, 0.25) is 0 Å². The van der Waals surface area contributed by atoms with Gasteiger partial charge in [-0.05, 0) is 24.6 Å². The number of carbonyl (C=O) groups excluding carboxylic acids is 1. The predicted molar refractivity (Wildman–Crippen MR) is 65.6 cm³/mol. The van der Waals surface area contributed by atoms with E-state index in [1.807, 2.05) is 35.8 Å². The van der Waals surface area contributed by atoms with Gasteiger partial charge in [-0.25, -0.2) is 4.98 Å². The maximum atomic E-state index is 10.8. The first-order valence-corrected chi connectivity index (χ1v) is 5.74. The number of aromatic nitrogens is 2. The average molecular weight is 279 g/mol. The summed E-state index contributed by atoms with van der Waals surface area (Å²) in [6.45, 7) is 2.04. The van der Waals surface area contributed by atoms with Gasteiger partial charge in [-0.3, -0.25) is 4.79 Å². The van der Waals surface area contributed by atoms with E-state index in [0.717, 1.165) is 16.3 Å². The van der Waals surface area contributed by atoms with Crippen molar-refractivity contribution in [3.05, 3.63) is 52.5 Å². The molecule has 2 aromatic rings. The second kappa shape index (κ2) is 4.61. The first-order chi connectivity index (χ1) is 7.72. The Morgan fingerprint density at radius 2 is 2.31 bits per heavy atom. The second-order valence-electron chi connectivity index (χ2n) is 3.57. The van der Waals surface area contributed by atoms with Crippen molar-refractivity contribution in [2.75, 3.05) is 0 Å². The molecule has 2 rings (SSSR count). The van der Waals surface area contributed by atoms with Crippen molar-refractivity contribution >= 4 is 22.2 Å². The van der Waals surface area contributed by atoms with E-state index in [9.17, 15) is 4.79 Å². The van der Waals surface area contributed by atoms with E-state index in [2.05, 4.69) is 20.9 Å². The van der Waals surface area contributed by atoms with Crippen molar-refractivity contribution < 1.29 is 4.79 Å². The van der Waals surface area contributed by atoms with Crippen LogP contribution in [0.3, 0.4) is 0 Å². The van der Waals surface area contributed by atoms with Gasteiger partial charge in [-0.2, -0.15) is 0 Å². The number of nitrogens with zero attached hydrogens (tertiary/aromatic N) is 2. The molecule has 0 spiro atoms. The highest BCUT2D eigenvalue weighted by atomic mass is 79.9. The van der Waals surface area contributed by atoms with Gasteiger partial charge in [-0.1, -0.05) is 28.1 Å². The lowest BCUT2D eigenvalue weighted by molar-refractivity contribution is 0.111. The number of rotatable bonds is 3. The Hall–Kier alpha value is -1.42. The average Bonchev–Trinajstić information content (AvgIpc) is 2.76. The van der Waals surface area contributed by atoms with Crippen LogP contribution in [0.4, 0.5) is 0 Å². The highest BCUT2D eigenvalue weighted by Gasteiger charge is 2.11. The number of aldehydes is 1. The van der Waals surface area contributed by atoms with Crippen LogP contribution in [0.5, 0.6) is 0 Å². The van der Waals surface area contributed by atoms with Crippen molar-refractivity contribution in [1.82, 2.24) is 9.55 Å². The fourth-order valence-corrected chi connectivity index (χ4v) is 2.07. The van der Waals surface area contributed by atoms with Gasteiger partial charge in [0.1, 0.15) is 5.69 Å². The number of carbonyl (C=O) groups is 1. The topological polar surface area (TPSA) is 34.9 Å². The third-order valence-electron chi connectivity index (χ3n) is 2.57. The number of halogens is 1. The smallest absolute Gasteiger partial charge is 0.168 e. The first-order valence-electron chi connectivity index (χ1n) is 4.95. The second-order valence-corrected chi connectivity index (χ2v) is 4.49. The molecular weight excluding hydrogens is 268 g/mol. The van der Waals surface area contributed by atoms with Gasteiger partial charge < -0.3 is 4.57 Å². The van der Waals surface area contributed by atoms with Crippen molar-refractivity contribution in [1.29, 1.82) is 0 Å². The van der Waals surface area contributed by atoms with Crippen molar-refractivity contribution in [3.63, 3.8) is 0 Å². The highest BCUT2D eigenvalue weighted by molar-refractivity contribution is 9.10. The molecule has 1 heterocycles. The summed E-state index contributed by atoms with van der Waals surface area (Å²) in [6, 6.07) is 8.13. The zero-order chi connectivity index (χ0) is 11.5. The Labute approximate surface area is 102 Å². The minimum absolute atomic E-state index is 0.0974. The lowest BCUT2D eigenvalue weighted by Gasteiger charge is -2.15. The van der Waals surface area contributed by atoms with Crippen molar-refractivity contribution in [2.24, 2.45) is 0 Å². The molecule has 0 aliphatic carbocycles. The monoisotopic (exact) mass is 278 g/mol. The Bertz CT molecular complexity index is 507. The predicted octanol–water partition coefficient (Wildman–Crippen LogP) is 3.07. The van der Waals surface area contributed by atoms with Crippen LogP contribution < -0.4 is 0 Å². The molecule has 1 aromatic heterocycles. The quantitative estimate of drug-likeness (QED) is 0.809. The molecule has 1 aromatic carbocycles. The minimum atomic E-state index is 0.0974. The van der Waals surface area contributed by atoms with E-state index >= 15 is 0 Å². The fraction of sp³-hybridized carbons (Fsp3) is 0.167. The van der Waals surface area contributed by atoms with E-state index in [1.165, 1.54) is 0 Å². The standard InChI is InChI=1S/C12H11BrN2O/c1-9(10-3-2-4-11(13)5-10)15-8-14-6-12(15)7-16/h2-9H,1H3. The zero-order valence-corrected chi connectivity index (χ0v) is 10.4. The van der Waals surface area contributed by atoms with Gasteiger partial charge in [0.15, 0.2) is 6.29 Å². The summed E-state index contributed by atoms with van der Waals surface area (Å²) in [5, 5.41) is 0. The molecule has 0 saturated heterocycles. The molecule has 1 atom stereocenters. The summed E-state index contributed by atoms with van der Waals surface area (Å²) in [5.74, 6) is 0. The van der Waals surface area contributed by atoms with Gasteiger partial charge in [0.2, 0.25) is 0 Å². The Kier molecular flexibility index (Phi) is 3.19. The molecule has 0 N–H and O–H groups in total. The third kappa shape index (κ3) is 2.07. The Morgan fingerprint density at radius 3 is 3.00 bits per heavy atom. The molecule has 4 heteroatoms. The van der Waals surface area contributed by atoms with Crippen LogP contribution in [-0.4, -0.2) is 15.8 Å². The summed E-state index contributed by atoms with van der Waals surface area (Å²) < 4.78 is 2.89. The van der Waals surface area contributed by atoms with Crippen molar-refractivity contribution in [3.8, 4) is 0 Å². The van der Waals surface area contributed by atoms with E-state index in [1.54, 1.807) is 12.5 Å². The zero-order valence-electron chi connectivity index (χ0n) is 8.80. The molecule has 0 fully saturated rings. The number of hydrogen-bond donors (Lipinski definition) is 0. The molecule has 0 bridgehead atoms. The Morgan fingerprint density at radius 1 is 1.50 bits per heavy atom. The first kappa shape index (κ1) is 11.1. The molecule has 0 saturated carbocycles. The molecule has 1 unspecified atom stereocenters. The van der Waals surface area contributed by atoms with E-state index in [4.69, 9.17) is 0 Å². The van der Waals surface area contributed by atoms with E-state index in [-0.39, 0.29) is 6.04 Å². The molecule has 0 amide bonds. The largest absolute Gasteiger partial charge is 0.321 e. The highest BCUT2D eigenvalue weighted by Crippen LogP contribution is 2.22. The summed E-state index contributed by atoms with van der Waals surface area (Å²) >= 11 is 3.43. The van der Waals surface area contributed by atoms with Gasteiger partial charge in [0.05, 0.1) is 18.6 Å². The number of hydrogen-bond acceptors (Lipinski definition) is 2. The van der Waals surface area contributed by atoms with Gasteiger partial charge in [-0.15, -0.1) is 0 Å². The van der Waals surface area contributed by atoms with Crippen LogP contribution >= 0.6 is 15.9 Å².